The Hall–Kier alpha value is -2.01. The summed E-state index contributed by atoms with van der Waals surface area (Å²) >= 11 is 5.22. The molecule has 0 saturated carbocycles. The van der Waals surface area contributed by atoms with Gasteiger partial charge >= 0.3 is 0 Å². The zero-order valence-electron chi connectivity index (χ0n) is 12.5. The molecule has 0 aliphatic rings. The Labute approximate surface area is 134 Å². The third-order valence-corrected chi connectivity index (χ3v) is 3.62. The average Bonchev–Trinajstić information content (AvgIpc) is 2.47. The van der Waals surface area contributed by atoms with Gasteiger partial charge in [-0.15, -0.1) is 0 Å². The molecule has 0 aliphatic heterocycles. The van der Waals surface area contributed by atoms with Crippen molar-refractivity contribution >= 4 is 23.0 Å². The van der Waals surface area contributed by atoms with Crippen molar-refractivity contribution in [3.05, 3.63) is 65.2 Å². The number of thiocarbonyl (C=S) groups is 1. The van der Waals surface area contributed by atoms with Crippen molar-refractivity contribution in [2.75, 3.05) is 5.32 Å². The van der Waals surface area contributed by atoms with E-state index in [0.717, 1.165) is 18.2 Å². The molecule has 2 N–H and O–H groups in total. The summed E-state index contributed by atoms with van der Waals surface area (Å²) in [6, 6.07) is 11.1. The monoisotopic (exact) mass is 320 g/mol. The first-order valence-corrected chi connectivity index (χ1v) is 7.52. The van der Waals surface area contributed by atoms with Crippen LogP contribution in [-0.2, 0) is 6.42 Å². The third-order valence-electron chi connectivity index (χ3n) is 3.40. The number of halogens is 2. The molecule has 0 amide bonds. The number of hydrogen-bond donors (Lipinski definition) is 2. The van der Waals surface area contributed by atoms with Crippen LogP contribution >= 0.6 is 12.2 Å². The van der Waals surface area contributed by atoms with Gasteiger partial charge in [0.15, 0.2) is 5.11 Å². The standard InChI is InChI=1S/C17H18F2N2S/c1-3-12-4-7-14(8-5-12)21-17(22)20-11(2)15-9-6-13(18)10-16(15)19/h4-11H,3H2,1-2H3,(H2,20,21,22)/t11-/m1/s1. The van der Waals surface area contributed by atoms with Crippen LogP contribution in [0.25, 0.3) is 0 Å². The molecule has 0 radical (unpaired) electrons. The van der Waals surface area contributed by atoms with Crippen LogP contribution in [0.5, 0.6) is 0 Å². The van der Waals surface area contributed by atoms with Gasteiger partial charge in [0.1, 0.15) is 11.6 Å². The topological polar surface area (TPSA) is 24.1 Å². The van der Waals surface area contributed by atoms with Gasteiger partial charge in [-0.05, 0) is 49.3 Å². The highest BCUT2D eigenvalue weighted by Crippen LogP contribution is 2.18. The van der Waals surface area contributed by atoms with Gasteiger partial charge in [-0.1, -0.05) is 25.1 Å². The van der Waals surface area contributed by atoms with Crippen molar-refractivity contribution in [2.45, 2.75) is 26.3 Å². The van der Waals surface area contributed by atoms with Crippen LogP contribution in [0.2, 0.25) is 0 Å². The van der Waals surface area contributed by atoms with Crippen molar-refractivity contribution < 1.29 is 8.78 Å². The van der Waals surface area contributed by atoms with Crippen molar-refractivity contribution in [3.63, 3.8) is 0 Å². The lowest BCUT2D eigenvalue weighted by atomic mass is 10.1. The first-order valence-electron chi connectivity index (χ1n) is 7.11. The Morgan fingerprint density at radius 1 is 1.14 bits per heavy atom. The first kappa shape index (κ1) is 16.4. The number of anilines is 1. The van der Waals surface area contributed by atoms with Crippen molar-refractivity contribution in [1.29, 1.82) is 0 Å². The number of nitrogens with one attached hydrogen (secondary N) is 2. The second-order valence-corrected chi connectivity index (χ2v) is 5.44. The first-order chi connectivity index (χ1) is 10.5. The van der Waals surface area contributed by atoms with Crippen LogP contribution in [0.3, 0.4) is 0 Å². The van der Waals surface area contributed by atoms with Crippen LogP contribution in [0.4, 0.5) is 14.5 Å². The van der Waals surface area contributed by atoms with Crippen LogP contribution in [0, 0.1) is 11.6 Å². The normalized spacial score (nSPS) is 11.8. The van der Waals surface area contributed by atoms with Crippen molar-refractivity contribution in [2.24, 2.45) is 0 Å². The van der Waals surface area contributed by atoms with Gasteiger partial charge in [0.2, 0.25) is 0 Å². The van der Waals surface area contributed by atoms with E-state index >= 15 is 0 Å². The molecule has 0 heterocycles. The third kappa shape index (κ3) is 4.24. The highest BCUT2D eigenvalue weighted by molar-refractivity contribution is 7.80. The van der Waals surface area contributed by atoms with E-state index in [1.165, 1.54) is 17.7 Å². The van der Waals surface area contributed by atoms with Crippen LogP contribution in [0.1, 0.15) is 31.0 Å². The van der Waals surface area contributed by atoms with Gasteiger partial charge < -0.3 is 10.6 Å². The van der Waals surface area contributed by atoms with Gasteiger partial charge in [0.05, 0.1) is 6.04 Å². The van der Waals surface area contributed by atoms with E-state index in [1.54, 1.807) is 6.92 Å². The van der Waals surface area contributed by atoms with Gasteiger partial charge in [-0.25, -0.2) is 8.78 Å². The molecule has 0 saturated heterocycles. The van der Waals surface area contributed by atoms with Crippen molar-refractivity contribution in [1.82, 2.24) is 5.32 Å². The van der Waals surface area contributed by atoms with E-state index in [9.17, 15) is 8.78 Å². The van der Waals surface area contributed by atoms with E-state index in [2.05, 4.69) is 17.6 Å². The number of aryl methyl sites for hydroxylation is 1. The highest BCUT2D eigenvalue weighted by Gasteiger charge is 2.12. The Kier molecular flexibility index (Phi) is 5.44. The van der Waals surface area contributed by atoms with E-state index in [-0.39, 0.29) is 6.04 Å². The molecule has 0 aliphatic carbocycles. The summed E-state index contributed by atoms with van der Waals surface area (Å²) in [4.78, 5) is 0. The fraction of sp³-hybridized carbons (Fsp3) is 0.235. The zero-order chi connectivity index (χ0) is 16.1. The van der Waals surface area contributed by atoms with Gasteiger partial charge in [-0.3, -0.25) is 0 Å². The number of hydrogen-bond acceptors (Lipinski definition) is 1. The summed E-state index contributed by atoms with van der Waals surface area (Å²) in [7, 11) is 0. The van der Waals surface area contributed by atoms with Gasteiger partial charge in [0, 0.05) is 17.3 Å². The summed E-state index contributed by atoms with van der Waals surface area (Å²) in [5.74, 6) is -1.18. The lowest BCUT2D eigenvalue weighted by Crippen LogP contribution is -2.31. The fourth-order valence-corrected chi connectivity index (χ4v) is 2.41. The maximum Gasteiger partial charge on any atom is 0.171 e. The van der Waals surface area contributed by atoms with E-state index < -0.39 is 11.6 Å². The molecule has 22 heavy (non-hydrogen) atoms. The Morgan fingerprint density at radius 3 is 2.41 bits per heavy atom. The molecular weight excluding hydrogens is 302 g/mol. The lowest BCUT2D eigenvalue weighted by Gasteiger charge is -2.18. The molecule has 1 atom stereocenters. The molecule has 0 spiro atoms. The van der Waals surface area contributed by atoms with Crippen LogP contribution < -0.4 is 10.6 Å². The molecule has 0 unspecified atom stereocenters. The molecule has 0 aromatic heterocycles. The molecule has 0 bridgehead atoms. The zero-order valence-corrected chi connectivity index (χ0v) is 13.3. The predicted octanol–water partition coefficient (Wildman–Crippen LogP) is 4.57. The Bertz CT molecular complexity index is 656. The lowest BCUT2D eigenvalue weighted by molar-refractivity contribution is 0.554. The summed E-state index contributed by atoms with van der Waals surface area (Å²) in [6.45, 7) is 3.86. The quantitative estimate of drug-likeness (QED) is 0.807. The minimum Gasteiger partial charge on any atom is -0.356 e. The summed E-state index contributed by atoms with van der Waals surface area (Å²) in [5, 5.41) is 6.43. The minimum absolute atomic E-state index is 0.365. The average molecular weight is 320 g/mol. The maximum absolute atomic E-state index is 13.7. The smallest absolute Gasteiger partial charge is 0.171 e. The minimum atomic E-state index is -0.592. The molecular formula is C17H18F2N2S. The van der Waals surface area contributed by atoms with E-state index in [4.69, 9.17) is 12.2 Å². The van der Waals surface area contributed by atoms with Crippen LogP contribution in [-0.4, -0.2) is 5.11 Å². The molecule has 2 nitrogen and oxygen atoms in total. The maximum atomic E-state index is 13.7. The molecule has 2 aromatic rings. The Morgan fingerprint density at radius 2 is 1.82 bits per heavy atom. The molecule has 5 heteroatoms. The Balaban J connectivity index is 1.98. The molecule has 2 aromatic carbocycles. The fourth-order valence-electron chi connectivity index (χ4n) is 2.12. The second kappa shape index (κ2) is 7.31. The largest absolute Gasteiger partial charge is 0.356 e. The summed E-state index contributed by atoms with van der Waals surface area (Å²) in [5.41, 5.74) is 2.47. The van der Waals surface area contributed by atoms with Crippen LogP contribution in [0.15, 0.2) is 42.5 Å². The van der Waals surface area contributed by atoms with Gasteiger partial charge in [0.25, 0.3) is 0 Å². The summed E-state index contributed by atoms with van der Waals surface area (Å²) < 4.78 is 26.6. The van der Waals surface area contributed by atoms with Crippen molar-refractivity contribution in [3.8, 4) is 0 Å². The second-order valence-electron chi connectivity index (χ2n) is 5.04. The number of benzene rings is 2. The summed E-state index contributed by atoms with van der Waals surface area (Å²) in [6.07, 6.45) is 0.976. The highest BCUT2D eigenvalue weighted by atomic mass is 32.1. The SMILES string of the molecule is CCc1ccc(NC(=S)N[C@H](C)c2ccc(F)cc2F)cc1. The number of rotatable bonds is 4. The van der Waals surface area contributed by atoms with E-state index in [1.807, 2.05) is 24.3 Å². The molecule has 116 valence electrons. The van der Waals surface area contributed by atoms with E-state index in [0.29, 0.717) is 10.7 Å². The van der Waals surface area contributed by atoms with Gasteiger partial charge in [-0.2, -0.15) is 0 Å². The predicted molar refractivity (Wildman–Crippen MR) is 89.9 cm³/mol. The molecule has 0 fully saturated rings. The molecule has 2 rings (SSSR count).